The molecule has 6 nitrogen and oxygen atoms in total. The van der Waals surface area contributed by atoms with Crippen molar-refractivity contribution in [2.75, 3.05) is 6.61 Å². The Labute approximate surface area is 172 Å². The molecule has 0 unspecified atom stereocenters. The van der Waals surface area contributed by atoms with Gasteiger partial charge in [-0.15, -0.1) is 0 Å². The van der Waals surface area contributed by atoms with Gasteiger partial charge in [-0.3, -0.25) is 4.79 Å². The molecule has 29 heavy (non-hydrogen) atoms. The molecular weight excluding hydrogens is 366 g/mol. The van der Waals surface area contributed by atoms with Crippen molar-refractivity contribution in [2.24, 2.45) is 7.05 Å². The normalized spacial score (nSPS) is 9.76. The van der Waals surface area contributed by atoms with Crippen LogP contribution in [0.3, 0.4) is 0 Å². The number of carbonyl (C=O) groups excluding carboxylic acids is 1. The zero-order valence-electron chi connectivity index (χ0n) is 18.4. The van der Waals surface area contributed by atoms with Crippen molar-refractivity contribution in [3.63, 3.8) is 0 Å². The summed E-state index contributed by atoms with van der Waals surface area (Å²) in [5.41, 5.74) is 3.21. The first-order chi connectivity index (χ1) is 14.0. The Hall–Kier alpha value is -3.15. The Bertz CT molecular complexity index is 1050. The van der Waals surface area contributed by atoms with E-state index in [-0.39, 0.29) is 12.2 Å². The van der Waals surface area contributed by atoms with Crippen molar-refractivity contribution in [3.8, 4) is 0 Å². The lowest BCUT2D eigenvalue weighted by Gasteiger charge is -2.08. The lowest BCUT2D eigenvalue weighted by atomic mass is 10.0. The highest BCUT2D eigenvalue weighted by Crippen LogP contribution is 2.30. The van der Waals surface area contributed by atoms with E-state index in [2.05, 4.69) is 11.7 Å². The second-order valence-corrected chi connectivity index (χ2v) is 5.71. The second kappa shape index (κ2) is 11.0. The summed E-state index contributed by atoms with van der Waals surface area (Å²) in [5.74, 6) is -0.412. The number of nitrogens with zero attached hydrogens (tertiary/aromatic N) is 3. The number of fused-ring (bicyclic) bond motifs is 1. The summed E-state index contributed by atoms with van der Waals surface area (Å²) in [6.45, 7) is 16.0. The number of aryl methyl sites for hydroxylation is 1. The van der Waals surface area contributed by atoms with Gasteiger partial charge in [-0.2, -0.15) is 5.10 Å². The molecule has 0 radical (unpaired) electrons. The largest absolute Gasteiger partial charge is 0.462 e. The molecule has 0 aliphatic rings. The molecule has 156 valence electrons. The molecule has 3 rings (SSSR count). The van der Waals surface area contributed by atoms with Crippen molar-refractivity contribution < 1.29 is 9.53 Å². The van der Waals surface area contributed by atoms with Gasteiger partial charge in [-0.1, -0.05) is 34.3 Å². The van der Waals surface area contributed by atoms with Gasteiger partial charge in [0.25, 0.3) is 5.56 Å². The molecule has 3 heterocycles. The molecule has 0 aliphatic carbocycles. The number of carbonyl (C=O) groups is 1. The summed E-state index contributed by atoms with van der Waals surface area (Å²) in [4.78, 5) is 24.9. The second-order valence-electron chi connectivity index (χ2n) is 5.71. The van der Waals surface area contributed by atoms with E-state index in [1.807, 2.05) is 34.6 Å². The quantitative estimate of drug-likeness (QED) is 0.602. The highest BCUT2D eigenvalue weighted by molar-refractivity contribution is 6.01. The molecular formula is C23H31N3O3. The van der Waals surface area contributed by atoms with Crippen LogP contribution in [0, 0.1) is 6.92 Å². The molecule has 0 saturated heterocycles. The van der Waals surface area contributed by atoms with Crippen LogP contribution in [0.5, 0.6) is 0 Å². The highest BCUT2D eigenvalue weighted by Gasteiger charge is 2.24. The number of esters is 1. The maximum Gasteiger partial charge on any atom is 0.340 e. The van der Waals surface area contributed by atoms with Gasteiger partial charge in [0.15, 0.2) is 0 Å². The van der Waals surface area contributed by atoms with Crippen LogP contribution in [-0.2, 0) is 11.8 Å². The van der Waals surface area contributed by atoms with E-state index in [1.165, 1.54) is 4.57 Å². The third kappa shape index (κ3) is 4.65. The van der Waals surface area contributed by atoms with Gasteiger partial charge in [-0.05, 0) is 43.7 Å². The SMILES string of the molecule is C=C(c1cccn(C)c1=O)c1c(C)c(C(=O)OCC)c2cccnn12.CC.CC. The number of rotatable bonds is 4. The van der Waals surface area contributed by atoms with Gasteiger partial charge >= 0.3 is 5.97 Å². The predicted molar refractivity (Wildman–Crippen MR) is 118 cm³/mol. The van der Waals surface area contributed by atoms with Crippen molar-refractivity contribution in [3.05, 3.63) is 76.0 Å². The van der Waals surface area contributed by atoms with Crippen molar-refractivity contribution in [1.82, 2.24) is 14.2 Å². The molecule has 0 N–H and O–H groups in total. The average Bonchev–Trinajstić information content (AvgIpc) is 3.04. The zero-order valence-corrected chi connectivity index (χ0v) is 18.4. The number of hydrogen-bond acceptors (Lipinski definition) is 4. The van der Waals surface area contributed by atoms with Crippen molar-refractivity contribution >= 4 is 17.1 Å². The fourth-order valence-corrected chi connectivity index (χ4v) is 2.98. The monoisotopic (exact) mass is 397 g/mol. The predicted octanol–water partition coefficient (Wildman–Crippen LogP) is 4.63. The Kier molecular flexibility index (Phi) is 9.06. The summed E-state index contributed by atoms with van der Waals surface area (Å²) in [6.07, 6.45) is 3.31. The number of aromatic nitrogens is 3. The minimum absolute atomic E-state index is 0.157. The summed E-state index contributed by atoms with van der Waals surface area (Å²) in [7, 11) is 1.69. The van der Waals surface area contributed by atoms with E-state index in [9.17, 15) is 9.59 Å². The summed E-state index contributed by atoms with van der Waals surface area (Å²) < 4.78 is 8.31. The summed E-state index contributed by atoms with van der Waals surface area (Å²) >= 11 is 0. The first-order valence-electron chi connectivity index (χ1n) is 9.96. The molecule has 0 aliphatic heterocycles. The van der Waals surface area contributed by atoms with Crippen LogP contribution >= 0.6 is 0 Å². The molecule has 0 fully saturated rings. The summed E-state index contributed by atoms with van der Waals surface area (Å²) in [6, 6.07) is 7.06. The number of hydrogen-bond donors (Lipinski definition) is 0. The lowest BCUT2D eigenvalue weighted by Crippen LogP contribution is -2.20. The minimum atomic E-state index is -0.412. The van der Waals surface area contributed by atoms with E-state index in [0.717, 1.165) is 0 Å². The Morgan fingerprint density at radius 3 is 2.45 bits per heavy atom. The molecule has 0 bridgehead atoms. The topological polar surface area (TPSA) is 65.6 Å². The van der Waals surface area contributed by atoms with Crippen LogP contribution in [-0.4, -0.2) is 26.8 Å². The Morgan fingerprint density at radius 2 is 1.83 bits per heavy atom. The van der Waals surface area contributed by atoms with E-state index < -0.39 is 5.97 Å². The number of pyridine rings is 1. The van der Waals surface area contributed by atoms with Crippen LogP contribution in [0.25, 0.3) is 11.1 Å². The first-order valence-corrected chi connectivity index (χ1v) is 9.96. The Morgan fingerprint density at radius 1 is 1.17 bits per heavy atom. The van der Waals surface area contributed by atoms with Crippen molar-refractivity contribution in [2.45, 2.75) is 41.5 Å². The van der Waals surface area contributed by atoms with Crippen LogP contribution in [0.15, 0.2) is 48.0 Å². The summed E-state index contributed by atoms with van der Waals surface area (Å²) in [5, 5.41) is 4.34. The molecule has 0 spiro atoms. The highest BCUT2D eigenvalue weighted by atomic mass is 16.5. The molecule has 6 heteroatoms. The molecule has 0 amide bonds. The average molecular weight is 398 g/mol. The fourth-order valence-electron chi connectivity index (χ4n) is 2.98. The number of ether oxygens (including phenoxy) is 1. The van der Waals surface area contributed by atoms with E-state index in [1.54, 1.807) is 55.1 Å². The smallest absolute Gasteiger partial charge is 0.340 e. The van der Waals surface area contributed by atoms with Crippen molar-refractivity contribution in [1.29, 1.82) is 0 Å². The third-order valence-electron chi connectivity index (χ3n) is 4.16. The third-order valence-corrected chi connectivity index (χ3v) is 4.16. The Balaban J connectivity index is 0.000000989. The fraction of sp³-hybridized carbons (Fsp3) is 0.348. The van der Waals surface area contributed by atoms with Gasteiger partial charge in [0.2, 0.25) is 0 Å². The molecule has 0 atom stereocenters. The van der Waals surface area contributed by atoms with Gasteiger partial charge in [0, 0.05) is 30.6 Å². The molecule has 0 saturated carbocycles. The van der Waals surface area contributed by atoms with Crippen LogP contribution in [0.2, 0.25) is 0 Å². The zero-order chi connectivity index (χ0) is 22.1. The van der Waals surface area contributed by atoms with Crippen LogP contribution in [0.1, 0.15) is 61.8 Å². The lowest BCUT2D eigenvalue weighted by molar-refractivity contribution is 0.0528. The maximum absolute atomic E-state index is 12.5. The van der Waals surface area contributed by atoms with Gasteiger partial charge in [-0.25, -0.2) is 9.31 Å². The standard InChI is InChI=1S/C19H19N3O3.2C2H6/c1-5-25-19(24)16-13(3)17(22-15(16)9-6-10-20-22)12(2)14-8-7-11-21(4)18(14)23;2*1-2/h6-11H,2,5H2,1,3-4H3;2*1-2H3. The van der Waals surface area contributed by atoms with Gasteiger partial charge in [0.1, 0.15) is 0 Å². The first kappa shape index (κ1) is 23.9. The maximum atomic E-state index is 12.5. The van der Waals surface area contributed by atoms with Crippen LogP contribution in [0.4, 0.5) is 0 Å². The molecule has 0 aromatic carbocycles. The molecule has 3 aromatic rings. The van der Waals surface area contributed by atoms with Gasteiger partial charge in [0.05, 0.1) is 23.4 Å². The minimum Gasteiger partial charge on any atom is -0.462 e. The van der Waals surface area contributed by atoms with Gasteiger partial charge < -0.3 is 9.30 Å². The van der Waals surface area contributed by atoms with E-state index in [0.29, 0.717) is 33.5 Å². The van der Waals surface area contributed by atoms with E-state index in [4.69, 9.17) is 4.74 Å². The molecule has 3 aromatic heterocycles. The van der Waals surface area contributed by atoms with Crippen LogP contribution < -0.4 is 5.56 Å². The van der Waals surface area contributed by atoms with E-state index >= 15 is 0 Å².